The number of ether oxygens (including phenoxy) is 2. The third kappa shape index (κ3) is 2.54. The lowest BCUT2D eigenvalue weighted by Gasteiger charge is -2.24. The summed E-state index contributed by atoms with van der Waals surface area (Å²) in [6, 6.07) is 14.5. The van der Waals surface area contributed by atoms with Gasteiger partial charge in [0.15, 0.2) is 5.82 Å². The zero-order chi connectivity index (χ0) is 17.5. The third-order valence-electron chi connectivity index (χ3n) is 4.72. The number of hydrogen-bond acceptors (Lipinski definition) is 5. The average Bonchev–Trinajstić information content (AvgIpc) is 2.89. The highest BCUT2D eigenvalue weighted by atomic mass is 19.1. The molecule has 0 bridgehead atoms. The van der Waals surface area contributed by atoms with Gasteiger partial charge in [0, 0.05) is 29.3 Å². The highest BCUT2D eigenvalue weighted by molar-refractivity contribution is 5.72. The van der Waals surface area contributed by atoms with Crippen LogP contribution >= 0.6 is 0 Å². The maximum atomic E-state index is 13.4. The summed E-state index contributed by atoms with van der Waals surface area (Å²) in [5.74, 6) is 1.91. The van der Waals surface area contributed by atoms with Gasteiger partial charge in [-0.3, -0.25) is 0 Å². The van der Waals surface area contributed by atoms with Gasteiger partial charge in [0.1, 0.15) is 36.2 Å². The quantitative estimate of drug-likeness (QED) is 0.672. The lowest BCUT2D eigenvalue weighted by Crippen LogP contribution is -2.27. The molecule has 26 heavy (non-hydrogen) atoms. The molecule has 5 nitrogen and oxygen atoms in total. The first kappa shape index (κ1) is 15.1. The second-order valence-corrected chi connectivity index (χ2v) is 6.38. The van der Waals surface area contributed by atoms with E-state index in [1.54, 1.807) is 6.07 Å². The van der Waals surface area contributed by atoms with E-state index in [4.69, 9.17) is 9.47 Å². The van der Waals surface area contributed by atoms with Crippen molar-refractivity contribution in [2.75, 3.05) is 18.1 Å². The van der Waals surface area contributed by atoms with Crippen LogP contribution in [-0.2, 0) is 13.2 Å². The van der Waals surface area contributed by atoms with Crippen molar-refractivity contribution in [1.82, 2.24) is 10.2 Å². The van der Waals surface area contributed by atoms with E-state index in [0.29, 0.717) is 32.1 Å². The molecule has 1 aromatic heterocycles. The normalized spacial score (nSPS) is 15.0. The molecular weight excluding hydrogens is 333 g/mol. The van der Waals surface area contributed by atoms with Gasteiger partial charge in [-0.05, 0) is 24.3 Å². The van der Waals surface area contributed by atoms with E-state index in [2.05, 4.69) is 15.1 Å². The van der Waals surface area contributed by atoms with Crippen molar-refractivity contribution in [3.05, 3.63) is 65.5 Å². The van der Waals surface area contributed by atoms with Gasteiger partial charge in [-0.1, -0.05) is 18.2 Å². The zero-order valence-corrected chi connectivity index (χ0v) is 14.0. The highest BCUT2D eigenvalue weighted by Gasteiger charge is 2.22. The number of hydrogen-bond donors (Lipinski definition) is 0. The second-order valence-electron chi connectivity index (χ2n) is 6.38. The minimum absolute atomic E-state index is 0.290. The van der Waals surface area contributed by atoms with E-state index in [0.717, 1.165) is 34.0 Å². The molecule has 0 aliphatic carbocycles. The molecule has 2 aliphatic heterocycles. The van der Waals surface area contributed by atoms with Crippen molar-refractivity contribution in [1.29, 1.82) is 0 Å². The van der Waals surface area contributed by atoms with Crippen LogP contribution in [0.2, 0.25) is 0 Å². The Labute approximate surface area is 150 Å². The molecule has 0 radical (unpaired) electrons. The molecule has 130 valence electrons. The Hall–Kier alpha value is -3.15. The second kappa shape index (κ2) is 5.98. The summed E-state index contributed by atoms with van der Waals surface area (Å²) >= 11 is 0. The van der Waals surface area contributed by atoms with Crippen LogP contribution in [0.4, 0.5) is 10.2 Å². The highest BCUT2D eigenvalue weighted by Crippen LogP contribution is 2.36. The molecule has 5 rings (SSSR count). The summed E-state index contributed by atoms with van der Waals surface area (Å²) in [7, 11) is 0. The summed E-state index contributed by atoms with van der Waals surface area (Å²) in [6.45, 7) is 2.19. The predicted octanol–water partition coefficient (Wildman–Crippen LogP) is 3.57. The molecule has 0 amide bonds. The Balaban J connectivity index is 1.49. The van der Waals surface area contributed by atoms with E-state index >= 15 is 0 Å². The van der Waals surface area contributed by atoms with Gasteiger partial charge in [0.25, 0.3) is 0 Å². The molecule has 2 aromatic carbocycles. The standard InChI is InChI=1S/C20H16FN3O2/c21-15-6-5-13-11-24(7-8-25-18(13)10-15)19-9-14-12-26-17-4-2-1-3-16(17)20(14)23-22-19/h1-6,9-10H,7-8,11-12H2. The van der Waals surface area contributed by atoms with Gasteiger partial charge in [-0.25, -0.2) is 4.39 Å². The maximum absolute atomic E-state index is 13.4. The van der Waals surface area contributed by atoms with Crippen LogP contribution in [0.5, 0.6) is 11.5 Å². The summed E-state index contributed by atoms with van der Waals surface area (Å²) in [5.41, 5.74) is 3.78. The van der Waals surface area contributed by atoms with Crippen molar-refractivity contribution < 1.29 is 13.9 Å². The fraction of sp³-hybridized carbons (Fsp3) is 0.200. The monoisotopic (exact) mass is 349 g/mol. The van der Waals surface area contributed by atoms with Crippen LogP contribution in [0.1, 0.15) is 11.1 Å². The number of nitrogens with zero attached hydrogens (tertiary/aromatic N) is 3. The molecule has 6 heteroatoms. The van der Waals surface area contributed by atoms with Crippen LogP contribution in [0, 0.1) is 5.82 Å². The van der Waals surface area contributed by atoms with Crippen molar-refractivity contribution in [3.8, 4) is 22.8 Å². The number of halogens is 1. The van der Waals surface area contributed by atoms with Crippen LogP contribution < -0.4 is 14.4 Å². The van der Waals surface area contributed by atoms with Crippen molar-refractivity contribution in [2.45, 2.75) is 13.2 Å². The van der Waals surface area contributed by atoms with E-state index in [-0.39, 0.29) is 5.82 Å². The first-order chi connectivity index (χ1) is 12.8. The number of aromatic nitrogens is 2. The summed E-state index contributed by atoms with van der Waals surface area (Å²) in [6.07, 6.45) is 0. The SMILES string of the molecule is Fc1ccc2c(c1)OCCN(c1cc3c(nn1)-c1ccccc1OC3)C2. The largest absolute Gasteiger partial charge is 0.491 e. The number of benzene rings is 2. The topological polar surface area (TPSA) is 47.5 Å². The first-order valence-electron chi connectivity index (χ1n) is 8.53. The Morgan fingerprint density at radius 2 is 1.85 bits per heavy atom. The Morgan fingerprint density at radius 1 is 0.923 bits per heavy atom. The zero-order valence-electron chi connectivity index (χ0n) is 14.0. The minimum Gasteiger partial charge on any atom is -0.491 e. The molecule has 0 saturated heterocycles. The first-order valence-corrected chi connectivity index (χ1v) is 8.53. The summed E-state index contributed by atoms with van der Waals surface area (Å²) < 4.78 is 24.9. The van der Waals surface area contributed by atoms with Gasteiger partial charge >= 0.3 is 0 Å². The Morgan fingerprint density at radius 3 is 2.81 bits per heavy atom. The molecule has 3 aromatic rings. The number of para-hydroxylation sites is 1. The van der Waals surface area contributed by atoms with E-state index in [1.165, 1.54) is 12.1 Å². The number of fused-ring (bicyclic) bond motifs is 4. The number of rotatable bonds is 1. The fourth-order valence-corrected chi connectivity index (χ4v) is 3.39. The van der Waals surface area contributed by atoms with Gasteiger partial charge in [0.2, 0.25) is 0 Å². The van der Waals surface area contributed by atoms with Crippen molar-refractivity contribution in [2.24, 2.45) is 0 Å². The minimum atomic E-state index is -0.290. The van der Waals surface area contributed by atoms with Gasteiger partial charge in [0.05, 0.1) is 6.54 Å². The molecule has 3 heterocycles. The Kier molecular flexibility index (Phi) is 3.48. The van der Waals surface area contributed by atoms with Crippen molar-refractivity contribution >= 4 is 5.82 Å². The molecule has 0 unspecified atom stereocenters. The van der Waals surface area contributed by atoms with Gasteiger partial charge in [-0.15, -0.1) is 10.2 Å². The average molecular weight is 349 g/mol. The maximum Gasteiger partial charge on any atom is 0.152 e. The number of anilines is 1. The van der Waals surface area contributed by atoms with E-state index in [9.17, 15) is 4.39 Å². The smallest absolute Gasteiger partial charge is 0.152 e. The third-order valence-corrected chi connectivity index (χ3v) is 4.72. The van der Waals surface area contributed by atoms with Crippen LogP contribution in [0.15, 0.2) is 48.5 Å². The summed E-state index contributed by atoms with van der Waals surface area (Å²) in [4.78, 5) is 2.09. The van der Waals surface area contributed by atoms with Crippen LogP contribution in [0.3, 0.4) is 0 Å². The van der Waals surface area contributed by atoms with E-state index in [1.807, 2.05) is 30.3 Å². The lowest BCUT2D eigenvalue weighted by atomic mass is 10.0. The fourth-order valence-electron chi connectivity index (χ4n) is 3.39. The molecule has 0 fully saturated rings. The Bertz CT molecular complexity index is 993. The van der Waals surface area contributed by atoms with Crippen LogP contribution in [0.25, 0.3) is 11.3 Å². The molecular formula is C20H16FN3O2. The molecule has 0 atom stereocenters. The van der Waals surface area contributed by atoms with Gasteiger partial charge < -0.3 is 14.4 Å². The van der Waals surface area contributed by atoms with Crippen molar-refractivity contribution in [3.63, 3.8) is 0 Å². The molecule has 0 spiro atoms. The molecule has 0 saturated carbocycles. The van der Waals surface area contributed by atoms with Gasteiger partial charge in [-0.2, -0.15) is 0 Å². The molecule has 0 N–H and O–H groups in total. The lowest BCUT2D eigenvalue weighted by molar-refractivity contribution is 0.301. The van der Waals surface area contributed by atoms with E-state index < -0.39 is 0 Å². The predicted molar refractivity (Wildman–Crippen MR) is 94.7 cm³/mol. The van der Waals surface area contributed by atoms with Crippen LogP contribution in [-0.4, -0.2) is 23.3 Å². The summed E-state index contributed by atoms with van der Waals surface area (Å²) in [5, 5.41) is 8.90. The molecule has 2 aliphatic rings.